The van der Waals surface area contributed by atoms with Gasteiger partial charge in [-0.25, -0.2) is 9.78 Å². The summed E-state index contributed by atoms with van der Waals surface area (Å²) < 4.78 is 42.1. The number of hydrogen-bond donors (Lipinski definition) is 3. The van der Waals surface area contributed by atoms with Crippen molar-refractivity contribution in [3.8, 4) is 0 Å². The number of amides is 2. The topological polar surface area (TPSA) is 75.3 Å². The molecule has 0 aliphatic carbocycles. The van der Waals surface area contributed by atoms with E-state index in [-0.39, 0.29) is 6.03 Å². The number of alkyl halides is 3. The number of halogens is 3. The maximum atomic E-state index is 12.3. The zero-order valence-electron chi connectivity index (χ0n) is 12.2. The number of carbonyl (C=O) groups excluding carboxylic acids is 1. The summed E-state index contributed by atoms with van der Waals surface area (Å²) in [6.45, 7) is 3.96. The minimum Gasteiger partial charge on any atom is -0.380 e. The van der Waals surface area contributed by atoms with Gasteiger partial charge in [-0.15, -0.1) is 0 Å². The van der Waals surface area contributed by atoms with Crippen LogP contribution in [0.5, 0.6) is 0 Å². The van der Waals surface area contributed by atoms with Crippen LogP contribution in [0.15, 0.2) is 18.3 Å². The summed E-state index contributed by atoms with van der Waals surface area (Å²) in [6, 6.07) is 1.86. The van der Waals surface area contributed by atoms with Crippen LogP contribution in [0, 0.1) is 0 Å². The zero-order chi connectivity index (χ0) is 16.4. The molecule has 0 atom stereocenters. The van der Waals surface area contributed by atoms with Gasteiger partial charge in [0.05, 0.1) is 12.2 Å². The molecule has 0 aliphatic heterocycles. The quantitative estimate of drug-likeness (QED) is 0.639. The van der Waals surface area contributed by atoms with Crippen molar-refractivity contribution in [2.75, 3.05) is 38.2 Å². The second-order valence-corrected chi connectivity index (χ2v) is 4.24. The van der Waals surface area contributed by atoms with E-state index in [0.717, 1.165) is 12.3 Å². The summed E-state index contributed by atoms with van der Waals surface area (Å²) in [5.41, 5.74) is -0.801. The first kappa shape index (κ1) is 18.0. The molecule has 2 amide bonds. The first-order valence-corrected chi connectivity index (χ1v) is 6.80. The first-order valence-electron chi connectivity index (χ1n) is 6.80. The minimum atomic E-state index is -4.40. The molecule has 22 heavy (non-hydrogen) atoms. The van der Waals surface area contributed by atoms with E-state index in [9.17, 15) is 18.0 Å². The Hall–Kier alpha value is -2.03. The van der Waals surface area contributed by atoms with Crippen molar-refractivity contribution < 1.29 is 22.7 Å². The average Bonchev–Trinajstić information content (AvgIpc) is 2.48. The van der Waals surface area contributed by atoms with Crippen molar-refractivity contribution >= 4 is 11.8 Å². The summed E-state index contributed by atoms with van der Waals surface area (Å²) in [7, 11) is 0. The number of nitrogens with zero attached hydrogens (tertiary/aromatic N) is 1. The Morgan fingerprint density at radius 3 is 2.55 bits per heavy atom. The van der Waals surface area contributed by atoms with Gasteiger partial charge in [0, 0.05) is 32.4 Å². The lowest BCUT2D eigenvalue weighted by atomic mass is 10.3. The zero-order valence-corrected chi connectivity index (χ0v) is 12.2. The van der Waals surface area contributed by atoms with Crippen molar-refractivity contribution in [3.63, 3.8) is 0 Å². The summed E-state index contributed by atoms with van der Waals surface area (Å²) in [5, 5.41) is 8.00. The van der Waals surface area contributed by atoms with Gasteiger partial charge in [0.2, 0.25) is 0 Å². The van der Waals surface area contributed by atoms with Gasteiger partial charge >= 0.3 is 12.2 Å². The summed E-state index contributed by atoms with van der Waals surface area (Å²) in [5.74, 6) is 0.312. The van der Waals surface area contributed by atoms with Crippen LogP contribution in [0.4, 0.5) is 23.8 Å². The van der Waals surface area contributed by atoms with Gasteiger partial charge in [-0.05, 0) is 19.1 Å². The van der Waals surface area contributed by atoms with E-state index >= 15 is 0 Å². The van der Waals surface area contributed by atoms with Crippen LogP contribution in [0.2, 0.25) is 0 Å². The molecule has 0 saturated carbocycles. The van der Waals surface area contributed by atoms with E-state index in [1.165, 1.54) is 6.07 Å². The number of rotatable bonds is 8. The van der Waals surface area contributed by atoms with E-state index in [0.29, 0.717) is 38.7 Å². The van der Waals surface area contributed by atoms with Crippen LogP contribution in [0.3, 0.4) is 0 Å². The molecule has 1 aromatic heterocycles. The van der Waals surface area contributed by atoms with Gasteiger partial charge in [0.25, 0.3) is 0 Å². The largest absolute Gasteiger partial charge is 0.417 e. The van der Waals surface area contributed by atoms with Gasteiger partial charge in [-0.2, -0.15) is 13.2 Å². The Labute approximate surface area is 126 Å². The molecule has 6 nitrogen and oxygen atoms in total. The van der Waals surface area contributed by atoms with Crippen LogP contribution in [0.1, 0.15) is 12.5 Å². The van der Waals surface area contributed by atoms with Gasteiger partial charge in [0.1, 0.15) is 5.82 Å². The van der Waals surface area contributed by atoms with Crippen LogP contribution >= 0.6 is 0 Å². The van der Waals surface area contributed by atoms with Crippen LogP contribution in [-0.4, -0.2) is 43.9 Å². The summed E-state index contributed by atoms with van der Waals surface area (Å²) >= 11 is 0. The number of anilines is 1. The summed E-state index contributed by atoms with van der Waals surface area (Å²) in [6.07, 6.45) is -3.64. The molecule has 0 bridgehead atoms. The van der Waals surface area contributed by atoms with Crippen molar-refractivity contribution in [1.82, 2.24) is 15.6 Å². The Morgan fingerprint density at radius 2 is 1.95 bits per heavy atom. The van der Waals surface area contributed by atoms with Crippen molar-refractivity contribution in [3.05, 3.63) is 23.9 Å². The predicted octanol–water partition coefficient (Wildman–Crippen LogP) is 1.85. The van der Waals surface area contributed by atoms with Gasteiger partial charge < -0.3 is 20.7 Å². The lowest BCUT2D eigenvalue weighted by Gasteiger charge is -2.10. The van der Waals surface area contributed by atoms with E-state index in [1.54, 1.807) is 0 Å². The van der Waals surface area contributed by atoms with Gasteiger partial charge in [-0.3, -0.25) is 0 Å². The highest BCUT2D eigenvalue weighted by Gasteiger charge is 2.30. The third-order valence-electron chi connectivity index (χ3n) is 2.54. The molecule has 1 heterocycles. The lowest BCUT2D eigenvalue weighted by Crippen LogP contribution is -2.39. The highest BCUT2D eigenvalue weighted by Crippen LogP contribution is 2.28. The van der Waals surface area contributed by atoms with Crippen LogP contribution < -0.4 is 16.0 Å². The highest BCUT2D eigenvalue weighted by atomic mass is 19.4. The Kier molecular flexibility index (Phi) is 7.44. The molecule has 0 aromatic carbocycles. The number of pyridine rings is 1. The molecule has 9 heteroatoms. The second-order valence-electron chi connectivity index (χ2n) is 4.24. The molecule has 0 fully saturated rings. The van der Waals surface area contributed by atoms with Crippen LogP contribution in [-0.2, 0) is 10.9 Å². The average molecular weight is 320 g/mol. The maximum absolute atomic E-state index is 12.3. The molecular weight excluding hydrogens is 301 g/mol. The third-order valence-corrected chi connectivity index (χ3v) is 2.54. The number of carbonyl (C=O) groups is 1. The van der Waals surface area contributed by atoms with Crippen molar-refractivity contribution in [2.45, 2.75) is 13.1 Å². The molecule has 0 unspecified atom stereocenters. The van der Waals surface area contributed by atoms with E-state index in [1.807, 2.05) is 6.92 Å². The number of hydrogen-bond acceptors (Lipinski definition) is 4. The molecule has 1 aromatic rings. The van der Waals surface area contributed by atoms with E-state index in [2.05, 4.69) is 20.9 Å². The molecule has 124 valence electrons. The Morgan fingerprint density at radius 1 is 1.23 bits per heavy atom. The molecule has 0 radical (unpaired) electrons. The SMILES string of the molecule is CCOCCNC(=O)NCCNc1ccc(C(F)(F)F)cn1. The molecule has 3 N–H and O–H groups in total. The molecule has 1 rings (SSSR count). The van der Waals surface area contributed by atoms with Crippen molar-refractivity contribution in [2.24, 2.45) is 0 Å². The fourth-order valence-electron chi connectivity index (χ4n) is 1.48. The van der Waals surface area contributed by atoms with E-state index in [4.69, 9.17) is 4.74 Å². The summed E-state index contributed by atoms with van der Waals surface area (Å²) in [4.78, 5) is 15.0. The first-order chi connectivity index (χ1) is 10.4. The minimum absolute atomic E-state index is 0.309. The predicted molar refractivity (Wildman–Crippen MR) is 75.6 cm³/mol. The van der Waals surface area contributed by atoms with Crippen molar-refractivity contribution in [1.29, 1.82) is 0 Å². The third kappa shape index (κ3) is 7.11. The maximum Gasteiger partial charge on any atom is 0.417 e. The van der Waals surface area contributed by atoms with Crippen LogP contribution in [0.25, 0.3) is 0 Å². The molecule has 0 spiro atoms. The van der Waals surface area contributed by atoms with Gasteiger partial charge in [-0.1, -0.05) is 0 Å². The lowest BCUT2D eigenvalue weighted by molar-refractivity contribution is -0.137. The second kappa shape index (κ2) is 9.08. The fraction of sp³-hybridized carbons (Fsp3) is 0.538. The Balaban J connectivity index is 2.18. The number of aromatic nitrogens is 1. The standard InChI is InChI=1S/C13H19F3N4O2/c1-2-22-8-7-19-12(21)18-6-5-17-11-4-3-10(9-20-11)13(14,15)16/h3-4,9H,2,5-8H2,1H3,(H,17,20)(H2,18,19,21). The van der Waals surface area contributed by atoms with Gasteiger partial charge in [0.15, 0.2) is 0 Å². The highest BCUT2D eigenvalue weighted by molar-refractivity contribution is 5.73. The fourth-order valence-corrected chi connectivity index (χ4v) is 1.48. The molecule has 0 aliphatic rings. The molecular formula is C13H19F3N4O2. The monoisotopic (exact) mass is 320 g/mol. The smallest absolute Gasteiger partial charge is 0.380 e. The number of ether oxygens (including phenoxy) is 1. The normalized spacial score (nSPS) is 11.1. The van der Waals surface area contributed by atoms with E-state index < -0.39 is 11.7 Å². The molecule has 0 saturated heterocycles. The number of nitrogens with one attached hydrogen (secondary N) is 3. The number of urea groups is 1. The Bertz CT molecular complexity index is 452.